The summed E-state index contributed by atoms with van der Waals surface area (Å²) in [7, 11) is 0. The average Bonchev–Trinajstić information content (AvgIpc) is 3.16. The first-order chi connectivity index (χ1) is 10.9. The Balaban J connectivity index is 1.94. The molecule has 0 radical (unpaired) electrons. The van der Waals surface area contributed by atoms with Gasteiger partial charge in [0, 0.05) is 30.9 Å². The normalized spacial score (nSPS) is 21.2. The van der Waals surface area contributed by atoms with Crippen molar-refractivity contribution in [1.82, 2.24) is 19.6 Å². The van der Waals surface area contributed by atoms with Crippen molar-refractivity contribution in [3.8, 4) is 0 Å². The number of β-amino-alcohol motifs (C(OH)–C–C–N with tert-alkyl or cyclic N) is 1. The predicted octanol–water partition coefficient (Wildman–Crippen LogP) is 1.76. The van der Waals surface area contributed by atoms with Crippen molar-refractivity contribution in [2.75, 3.05) is 6.54 Å². The molecule has 2 aromatic heterocycles. The largest absolute Gasteiger partial charge is 0.391 e. The van der Waals surface area contributed by atoms with E-state index in [1.54, 1.807) is 11.8 Å². The van der Waals surface area contributed by atoms with Crippen molar-refractivity contribution in [3.05, 3.63) is 34.7 Å². The number of aromatic nitrogens is 3. The van der Waals surface area contributed by atoms with Crippen molar-refractivity contribution in [2.24, 2.45) is 0 Å². The average molecular weight is 318 g/mol. The lowest BCUT2D eigenvalue weighted by Crippen LogP contribution is -2.32. The minimum Gasteiger partial charge on any atom is -0.391 e. The van der Waals surface area contributed by atoms with E-state index in [4.69, 9.17) is 4.52 Å². The molecule has 0 aromatic carbocycles. The molecule has 1 N–H and O–H groups in total. The van der Waals surface area contributed by atoms with Gasteiger partial charge in [-0.25, -0.2) is 0 Å². The van der Waals surface area contributed by atoms with E-state index in [0.717, 1.165) is 17.9 Å². The molecule has 3 heterocycles. The maximum atomic E-state index is 13.0. The van der Waals surface area contributed by atoms with E-state index in [0.29, 0.717) is 23.7 Å². The number of aryl methyl sites for hydroxylation is 2. The maximum Gasteiger partial charge on any atom is 0.256 e. The third kappa shape index (κ3) is 2.65. The van der Waals surface area contributed by atoms with Gasteiger partial charge in [0.1, 0.15) is 6.04 Å². The summed E-state index contributed by atoms with van der Waals surface area (Å²) in [5, 5.41) is 13.8. The molecule has 0 aliphatic carbocycles. The monoisotopic (exact) mass is 318 g/mol. The number of hydrogen-bond acceptors (Lipinski definition) is 5. The Kier molecular flexibility index (Phi) is 3.97. The van der Waals surface area contributed by atoms with Gasteiger partial charge in [-0.2, -0.15) is 4.98 Å². The number of aliphatic hydroxyl groups is 1. The summed E-state index contributed by atoms with van der Waals surface area (Å²) in [6.07, 6.45) is -0.161. The van der Waals surface area contributed by atoms with Crippen molar-refractivity contribution < 1.29 is 14.4 Å². The molecule has 3 rings (SSSR count). The highest BCUT2D eigenvalue weighted by Crippen LogP contribution is 2.33. The minimum atomic E-state index is -0.578. The van der Waals surface area contributed by atoms with Gasteiger partial charge in [0.15, 0.2) is 5.82 Å². The second kappa shape index (κ2) is 5.81. The van der Waals surface area contributed by atoms with Gasteiger partial charge >= 0.3 is 0 Å². The Labute approximate surface area is 134 Å². The molecule has 1 amide bonds. The van der Waals surface area contributed by atoms with Crippen molar-refractivity contribution in [2.45, 2.75) is 52.8 Å². The van der Waals surface area contributed by atoms with Gasteiger partial charge in [-0.1, -0.05) is 5.16 Å². The molecule has 124 valence electrons. The molecule has 1 fully saturated rings. The topological polar surface area (TPSA) is 84.4 Å². The van der Waals surface area contributed by atoms with Crippen LogP contribution in [0.1, 0.15) is 52.8 Å². The van der Waals surface area contributed by atoms with Crippen molar-refractivity contribution in [3.63, 3.8) is 0 Å². The number of aliphatic hydroxyl groups excluding tert-OH is 1. The molecule has 0 spiro atoms. The molecule has 2 atom stereocenters. The van der Waals surface area contributed by atoms with Crippen LogP contribution in [0.25, 0.3) is 0 Å². The number of rotatable bonds is 3. The number of carbonyl (C=O) groups excluding carboxylic acids is 1. The van der Waals surface area contributed by atoms with Crippen molar-refractivity contribution in [1.29, 1.82) is 0 Å². The molecule has 1 saturated heterocycles. The summed E-state index contributed by atoms with van der Waals surface area (Å²) in [4.78, 5) is 18.9. The number of amides is 1. The van der Waals surface area contributed by atoms with Crippen LogP contribution in [0.5, 0.6) is 0 Å². The van der Waals surface area contributed by atoms with Gasteiger partial charge < -0.3 is 19.1 Å². The quantitative estimate of drug-likeness (QED) is 0.932. The molecular formula is C16H22N4O3. The van der Waals surface area contributed by atoms with E-state index < -0.39 is 6.10 Å². The van der Waals surface area contributed by atoms with Crippen LogP contribution in [-0.4, -0.2) is 43.3 Å². The summed E-state index contributed by atoms with van der Waals surface area (Å²) in [5.41, 5.74) is 2.66. The van der Waals surface area contributed by atoms with Crippen LogP contribution in [-0.2, 0) is 6.54 Å². The van der Waals surface area contributed by atoms with Crippen LogP contribution in [0, 0.1) is 20.8 Å². The van der Waals surface area contributed by atoms with Crippen LogP contribution < -0.4 is 0 Å². The van der Waals surface area contributed by atoms with Gasteiger partial charge in [-0.05, 0) is 33.8 Å². The second-order valence-corrected chi connectivity index (χ2v) is 6.07. The molecule has 23 heavy (non-hydrogen) atoms. The summed E-state index contributed by atoms with van der Waals surface area (Å²) in [5.74, 6) is 0.810. The Morgan fingerprint density at radius 2 is 2.17 bits per heavy atom. The zero-order valence-electron chi connectivity index (χ0n) is 13.9. The minimum absolute atomic E-state index is 0.102. The van der Waals surface area contributed by atoms with Crippen LogP contribution in [0.15, 0.2) is 10.6 Å². The standard InChI is InChI=1S/C16H22N4O3/c1-5-19-9(2)6-13(10(19)3)16(22)20-8-12(21)7-14(20)15-17-11(4)18-23-15/h6,12,14,21H,5,7-8H2,1-4H3/t12-,14-/m1/s1. The maximum absolute atomic E-state index is 13.0. The van der Waals surface area contributed by atoms with E-state index in [2.05, 4.69) is 21.6 Å². The second-order valence-electron chi connectivity index (χ2n) is 6.07. The zero-order valence-corrected chi connectivity index (χ0v) is 13.9. The Hall–Kier alpha value is -2.15. The molecule has 0 saturated carbocycles. The Bertz CT molecular complexity index is 734. The van der Waals surface area contributed by atoms with Gasteiger partial charge in [-0.3, -0.25) is 4.79 Å². The van der Waals surface area contributed by atoms with Crippen LogP contribution in [0.3, 0.4) is 0 Å². The van der Waals surface area contributed by atoms with Crippen LogP contribution in [0.2, 0.25) is 0 Å². The number of likely N-dealkylation sites (tertiary alicyclic amines) is 1. The molecule has 2 aromatic rings. The highest BCUT2D eigenvalue weighted by molar-refractivity contribution is 5.96. The molecule has 0 bridgehead atoms. The van der Waals surface area contributed by atoms with Crippen molar-refractivity contribution >= 4 is 5.91 Å². The lowest BCUT2D eigenvalue weighted by Gasteiger charge is -2.21. The summed E-state index contributed by atoms with van der Waals surface area (Å²) < 4.78 is 7.32. The van der Waals surface area contributed by atoms with Gasteiger partial charge in [0.2, 0.25) is 5.89 Å². The molecular weight excluding hydrogens is 296 g/mol. The lowest BCUT2D eigenvalue weighted by atomic mass is 10.1. The molecule has 7 heteroatoms. The molecule has 0 unspecified atom stereocenters. The van der Waals surface area contributed by atoms with Gasteiger partial charge in [-0.15, -0.1) is 0 Å². The third-order valence-electron chi connectivity index (χ3n) is 4.49. The molecule has 1 aliphatic heterocycles. The summed E-state index contributed by atoms with van der Waals surface area (Å²) in [6, 6.07) is 1.53. The number of hydrogen-bond donors (Lipinski definition) is 1. The van der Waals surface area contributed by atoms with Gasteiger partial charge in [0.05, 0.1) is 11.7 Å². The smallest absolute Gasteiger partial charge is 0.256 e. The molecule has 7 nitrogen and oxygen atoms in total. The number of nitrogens with zero attached hydrogens (tertiary/aromatic N) is 4. The van der Waals surface area contributed by atoms with Crippen LogP contribution >= 0.6 is 0 Å². The van der Waals surface area contributed by atoms with E-state index in [1.807, 2.05) is 19.9 Å². The van der Waals surface area contributed by atoms with Gasteiger partial charge in [0.25, 0.3) is 5.91 Å². The zero-order chi connectivity index (χ0) is 16.7. The highest BCUT2D eigenvalue weighted by atomic mass is 16.5. The number of carbonyl (C=O) groups is 1. The van der Waals surface area contributed by atoms with E-state index in [9.17, 15) is 9.90 Å². The fraction of sp³-hybridized carbons (Fsp3) is 0.562. The van der Waals surface area contributed by atoms with E-state index in [-0.39, 0.29) is 18.5 Å². The first-order valence-electron chi connectivity index (χ1n) is 7.88. The third-order valence-corrected chi connectivity index (χ3v) is 4.49. The molecule has 1 aliphatic rings. The van der Waals surface area contributed by atoms with E-state index in [1.165, 1.54) is 0 Å². The first kappa shape index (κ1) is 15.7. The van der Waals surface area contributed by atoms with Crippen LogP contribution in [0.4, 0.5) is 0 Å². The SMILES string of the molecule is CCn1c(C)cc(C(=O)N2C[C@H](O)C[C@@H]2c2nc(C)no2)c1C. The lowest BCUT2D eigenvalue weighted by molar-refractivity contribution is 0.0692. The highest BCUT2D eigenvalue weighted by Gasteiger charge is 2.39. The fourth-order valence-electron chi connectivity index (χ4n) is 3.38. The Morgan fingerprint density at radius 3 is 2.74 bits per heavy atom. The van der Waals surface area contributed by atoms with E-state index >= 15 is 0 Å². The predicted molar refractivity (Wildman–Crippen MR) is 83.0 cm³/mol. The first-order valence-corrected chi connectivity index (χ1v) is 7.88. The fourth-order valence-corrected chi connectivity index (χ4v) is 3.38. The Morgan fingerprint density at radius 1 is 1.43 bits per heavy atom. The summed E-state index contributed by atoms with van der Waals surface area (Å²) in [6.45, 7) is 8.82. The summed E-state index contributed by atoms with van der Waals surface area (Å²) >= 11 is 0.